The third kappa shape index (κ3) is 3.68. The van der Waals surface area contributed by atoms with E-state index in [1.54, 1.807) is 7.11 Å². The van der Waals surface area contributed by atoms with Crippen molar-refractivity contribution in [2.24, 2.45) is 0 Å². The molecule has 5 nitrogen and oxygen atoms in total. The lowest BCUT2D eigenvalue weighted by Gasteiger charge is -2.18. The van der Waals surface area contributed by atoms with Crippen molar-refractivity contribution in [3.05, 3.63) is 53.8 Å². The molecule has 3 rings (SSSR count). The van der Waals surface area contributed by atoms with E-state index < -0.39 is 0 Å². The van der Waals surface area contributed by atoms with Gasteiger partial charge in [0.15, 0.2) is 11.5 Å². The summed E-state index contributed by atoms with van der Waals surface area (Å²) < 4.78 is 11.2. The molecule has 0 aliphatic carbocycles. The van der Waals surface area contributed by atoms with Crippen molar-refractivity contribution in [2.75, 3.05) is 19.0 Å². The smallest absolute Gasteiger partial charge is 0.161 e. The van der Waals surface area contributed by atoms with E-state index in [1.165, 1.54) is 6.33 Å². The molecule has 0 amide bonds. The third-order valence-corrected chi connectivity index (χ3v) is 3.79. The first-order valence-corrected chi connectivity index (χ1v) is 7.99. The third-order valence-electron chi connectivity index (χ3n) is 3.55. The lowest BCUT2D eigenvalue weighted by Crippen LogP contribution is -2.23. The number of methoxy groups -OCH3 is 1. The molecule has 0 spiro atoms. The molecule has 1 aromatic heterocycles. The highest BCUT2D eigenvalue weighted by Gasteiger charge is 2.10. The molecular weight excluding hydrogens is 326 g/mol. The molecule has 0 aliphatic heterocycles. The first kappa shape index (κ1) is 16.3. The number of benzene rings is 2. The van der Waals surface area contributed by atoms with Crippen molar-refractivity contribution in [1.82, 2.24) is 9.97 Å². The molecule has 2 aromatic carbocycles. The summed E-state index contributed by atoms with van der Waals surface area (Å²) in [6, 6.07) is 13.1. The van der Waals surface area contributed by atoms with Crippen LogP contribution in [-0.4, -0.2) is 29.7 Å². The average molecular weight is 344 g/mol. The molecule has 1 heterocycles. The van der Waals surface area contributed by atoms with E-state index in [4.69, 9.17) is 21.1 Å². The molecule has 0 aliphatic rings. The monoisotopic (exact) mass is 343 g/mol. The largest absolute Gasteiger partial charge is 0.493 e. The number of anilines is 1. The predicted molar refractivity (Wildman–Crippen MR) is 96.1 cm³/mol. The van der Waals surface area contributed by atoms with Gasteiger partial charge < -0.3 is 14.8 Å². The van der Waals surface area contributed by atoms with Gasteiger partial charge in [0.2, 0.25) is 0 Å². The summed E-state index contributed by atoms with van der Waals surface area (Å²) in [6.45, 7) is 2.58. The highest BCUT2D eigenvalue weighted by atomic mass is 35.5. The van der Waals surface area contributed by atoms with Crippen LogP contribution in [0.3, 0.4) is 0 Å². The first-order valence-electron chi connectivity index (χ1n) is 7.61. The number of nitrogens with one attached hydrogen (secondary N) is 1. The van der Waals surface area contributed by atoms with Crippen LogP contribution < -0.4 is 14.8 Å². The molecule has 124 valence electrons. The quantitative estimate of drug-likeness (QED) is 0.728. The normalized spacial score (nSPS) is 12.0. The fourth-order valence-corrected chi connectivity index (χ4v) is 2.55. The Morgan fingerprint density at radius 1 is 1.12 bits per heavy atom. The summed E-state index contributed by atoms with van der Waals surface area (Å²) in [5.74, 6) is 2.19. The van der Waals surface area contributed by atoms with E-state index >= 15 is 0 Å². The van der Waals surface area contributed by atoms with Crippen LogP contribution in [0.15, 0.2) is 48.8 Å². The molecule has 24 heavy (non-hydrogen) atoms. The van der Waals surface area contributed by atoms with E-state index in [2.05, 4.69) is 15.3 Å². The topological polar surface area (TPSA) is 56.3 Å². The van der Waals surface area contributed by atoms with Crippen LogP contribution in [0.5, 0.6) is 11.5 Å². The van der Waals surface area contributed by atoms with Crippen molar-refractivity contribution in [1.29, 1.82) is 0 Å². The van der Waals surface area contributed by atoms with E-state index in [1.807, 2.05) is 49.4 Å². The highest BCUT2D eigenvalue weighted by molar-refractivity contribution is 6.31. The minimum Gasteiger partial charge on any atom is -0.493 e. The molecule has 6 heteroatoms. The van der Waals surface area contributed by atoms with Gasteiger partial charge in [-0.1, -0.05) is 23.7 Å². The van der Waals surface area contributed by atoms with Crippen LogP contribution in [0.2, 0.25) is 5.02 Å². The second kappa shape index (κ2) is 7.36. The zero-order valence-corrected chi connectivity index (χ0v) is 14.2. The summed E-state index contributed by atoms with van der Waals surface area (Å²) >= 11 is 6.00. The number of hydrogen-bond donors (Lipinski definition) is 1. The number of halogens is 1. The molecule has 0 saturated carbocycles. The lowest BCUT2D eigenvalue weighted by molar-refractivity contribution is 0.223. The fourth-order valence-electron chi connectivity index (χ4n) is 2.39. The second-order valence-electron chi connectivity index (χ2n) is 5.34. The van der Waals surface area contributed by atoms with Gasteiger partial charge >= 0.3 is 0 Å². The van der Waals surface area contributed by atoms with Gasteiger partial charge in [-0.25, -0.2) is 9.97 Å². The van der Waals surface area contributed by atoms with E-state index in [0.717, 1.165) is 16.7 Å². The molecule has 3 aromatic rings. The van der Waals surface area contributed by atoms with E-state index in [0.29, 0.717) is 23.1 Å². The Kier molecular flexibility index (Phi) is 5.01. The van der Waals surface area contributed by atoms with Gasteiger partial charge in [-0.05, 0) is 37.3 Å². The minimum atomic E-state index is -0.0707. The van der Waals surface area contributed by atoms with Gasteiger partial charge in [0, 0.05) is 10.4 Å². The molecule has 1 unspecified atom stereocenters. The Labute approximate surface area is 145 Å². The van der Waals surface area contributed by atoms with E-state index in [9.17, 15) is 0 Å². The predicted octanol–water partition coefficient (Wildman–Crippen LogP) is 4.17. The molecule has 0 bridgehead atoms. The number of ether oxygens (including phenoxy) is 2. The summed E-state index contributed by atoms with van der Waals surface area (Å²) in [4.78, 5) is 8.54. The van der Waals surface area contributed by atoms with Gasteiger partial charge in [-0.15, -0.1) is 0 Å². The number of hydrogen-bond acceptors (Lipinski definition) is 5. The molecule has 1 atom stereocenters. The average Bonchev–Trinajstić information content (AvgIpc) is 2.60. The summed E-state index contributed by atoms with van der Waals surface area (Å²) in [5.41, 5.74) is 0.804. The summed E-state index contributed by atoms with van der Waals surface area (Å²) in [6.07, 6.45) is 1.45. The Morgan fingerprint density at radius 2 is 1.92 bits per heavy atom. The first-order chi connectivity index (χ1) is 11.7. The highest BCUT2D eigenvalue weighted by Crippen LogP contribution is 2.27. The Morgan fingerprint density at radius 3 is 2.71 bits per heavy atom. The van der Waals surface area contributed by atoms with E-state index in [-0.39, 0.29) is 6.10 Å². The van der Waals surface area contributed by atoms with Crippen LogP contribution in [0.1, 0.15) is 6.92 Å². The maximum Gasteiger partial charge on any atom is 0.161 e. The number of fused-ring (bicyclic) bond motifs is 1. The summed E-state index contributed by atoms with van der Waals surface area (Å²) in [5, 5.41) is 4.88. The van der Waals surface area contributed by atoms with Crippen molar-refractivity contribution >= 4 is 28.3 Å². The Bertz CT molecular complexity index is 841. The van der Waals surface area contributed by atoms with Crippen molar-refractivity contribution < 1.29 is 9.47 Å². The van der Waals surface area contributed by atoms with Crippen LogP contribution in [-0.2, 0) is 0 Å². The fraction of sp³-hybridized carbons (Fsp3) is 0.222. The molecule has 0 fully saturated rings. The zero-order valence-electron chi connectivity index (χ0n) is 13.5. The van der Waals surface area contributed by atoms with Gasteiger partial charge in [-0.3, -0.25) is 0 Å². The van der Waals surface area contributed by atoms with Crippen molar-refractivity contribution in [3.63, 3.8) is 0 Å². The number of aromatic nitrogens is 2. The molecule has 1 N–H and O–H groups in total. The lowest BCUT2D eigenvalue weighted by atomic mass is 10.2. The van der Waals surface area contributed by atoms with Crippen LogP contribution in [0.25, 0.3) is 10.9 Å². The summed E-state index contributed by atoms with van der Waals surface area (Å²) in [7, 11) is 1.63. The van der Waals surface area contributed by atoms with Gasteiger partial charge in [0.05, 0.1) is 19.2 Å². The standard InChI is InChI=1S/C18H18ClN3O2/c1-12(24-17-6-4-3-5-16(17)23-2)10-20-18-14-8-7-13(19)9-15(14)21-11-22-18/h3-9,11-12H,10H2,1-2H3,(H,20,21,22). The SMILES string of the molecule is COc1ccccc1OC(C)CNc1ncnc2cc(Cl)ccc12. The van der Waals surface area contributed by atoms with Gasteiger partial charge in [0.1, 0.15) is 18.2 Å². The van der Waals surface area contributed by atoms with Crippen LogP contribution >= 0.6 is 11.6 Å². The van der Waals surface area contributed by atoms with Crippen molar-refractivity contribution in [3.8, 4) is 11.5 Å². The molecule has 0 saturated heterocycles. The van der Waals surface area contributed by atoms with Crippen LogP contribution in [0, 0.1) is 0 Å². The minimum absolute atomic E-state index is 0.0707. The number of rotatable bonds is 6. The zero-order chi connectivity index (χ0) is 16.9. The maximum absolute atomic E-state index is 6.00. The number of para-hydroxylation sites is 2. The maximum atomic E-state index is 6.00. The Balaban J connectivity index is 1.69. The second-order valence-corrected chi connectivity index (χ2v) is 5.78. The molecular formula is C18H18ClN3O2. The van der Waals surface area contributed by atoms with Crippen molar-refractivity contribution in [2.45, 2.75) is 13.0 Å². The number of nitrogens with zero attached hydrogens (tertiary/aromatic N) is 2. The van der Waals surface area contributed by atoms with Gasteiger partial charge in [0.25, 0.3) is 0 Å². The van der Waals surface area contributed by atoms with Crippen LogP contribution in [0.4, 0.5) is 5.82 Å². The Hall–Kier alpha value is -2.53. The molecule has 0 radical (unpaired) electrons. The van der Waals surface area contributed by atoms with Gasteiger partial charge in [-0.2, -0.15) is 0 Å².